The fraction of sp³-hybridized carbons (Fsp3) is 0.500. The molecule has 0 aliphatic heterocycles. The maximum Gasteiger partial charge on any atom is 0.120 e. The first-order valence-corrected chi connectivity index (χ1v) is 4.76. The molecule has 1 rings (SSSR count). The third kappa shape index (κ3) is 2.65. The largest absolute Gasteiger partial charge is 0.465 e. The smallest absolute Gasteiger partial charge is 0.120 e. The molecule has 1 unspecified atom stereocenters. The zero-order valence-electron chi connectivity index (χ0n) is 9.22. The summed E-state index contributed by atoms with van der Waals surface area (Å²) in [4.78, 5) is 0. The minimum atomic E-state index is -0.305. The predicted octanol–water partition coefficient (Wildman–Crippen LogP) is 2.65. The molecule has 1 atom stereocenters. The molecule has 0 saturated heterocycles. The second-order valence-corrected chi connectivity index (χ2v) is 4.08. The van der Waals surface area contributed by atoms with Crippen molar-refractivity contribution in [1.82, 2.24) is 5.32 Å². The van der Waals surface area contributed by atoms with Gasteiger partial charge in [-0.3, -0.25) is 5.32 Å². The highest BCUT2D eigenvalue weighted by Gasteiger charge is 2.19. The summed E-state index contributed by atoms with van der Waals surface area (Å²) in [6.07, 6.45) is 5.39. The van der Waals surface area contributed by atoms with E-state index < -0.39 is 0 Å². The Hall–Kier alpha value is -1.20. The van der Waals surface area contributed by atoms with Gasteiger partial charge in [0.15, 0.2) is 0 Å². The molecule has 1 aromatic rings. The van der Waals surface area contributed by atoms with Crippen LogP contribution in [0.25, 0.3) is 0 Å². The Kier molecular flexibility index (Phi) is 3.03. The lowest BCUT2D eigenvalue weighted by molar-refractivity contribution is 0.365. The van der Waals surface area contributed by atoms with Crippen molar-refractivity contribution in [1.29, 1.82) is 0 Å². The summed E-state index contributed by atoms with van der Waals surface area (Å²) in [5.74, 6) is 4.54. The Morgan fingerprint density at radius 3 is 2.57 bits per heavy atom. The van der Waals surface area contributed by atoms with Gasteiger partial charge in [0.05, 0.1) is 11.6 Å². The number of nitrogens with one attached hydrogen (secondary N) is 1. The molecule has 0 aliphatic rings. The fourth-order valence-electron chi connectivity index (χ4n) is 1.34. The van der Waals surface area contributed by atoms with Crippen LogP contribution in [-0.4, -0.2) is 5.54 Å². The molecule has 0 amide bonds. The van der Waals surface area contributed by atoms with Crippen LogP contribution in [0.4, 0.5) is 0 Å². The van der Waals surface area contributed by atoms with E-state index in [9.17, 15) is 0 Å². The quantitative estimate of drug-likeness (QED) is 0.743. The number of hydrogen-bond acceptors (Lipinski definition) is 2. The van der Waals surface area contributed by atoms with Crippen LogP contribution < -0.4 is 5.32 Å². The van der Waals surface area contributed by atoms with Crippen LogP contribution in [0, 0.1) is 19.3 Å². The van der Waals surface area contributed by atoms with E-state index in [1.54, 1.807) is 0 Å². The Balaban J connectivity index is 2.69. The summed E-state index contributed by atoms with van der Waals surface area (Å²) in [7, 11) is 0. The molecule has 0 radical (unpaired) electrons. The van der Waals surface area contributed by atoms with Gasteiger partial charge in [-0.05, 0) is 39.8 Å². The lowest BCUT2D eigenvalue weighted by Crippen LogP contribution is -2.39. The average Bonchev–Trinajstić information content (AvgIpc) is 2.51. The standard InChI is InChI=1S/C12H17NO/c1-6-12(4,5)13-10(3)11-8-7-9(2)14-11/h1,7-8,10,13H,2-5H3. The van der Waals surface area contributed by atoms with E-state index in [0.29, 0.717) is 0 Å². The zero-order valence-corrected chi connectivity index (χ0v) is 9.22. The van der Waals surface area contributed by atoms with E-state index in [1.165, 1.54) is 0 Å². The normalized spacial score (nSPS) is 13.6. The third-order valence-corrected chi connectivity index (χ3v) is 2.13. The van der Waals surface area contributed by atoms with Crippen molar-refractivity contribution in [3.8, 4) is 12.3 Å². The molecule has 0 aromatic carbocycles. The van der Waals surface area contributed by atoms with Crippen molar-refractivity contribution in [2.45, 2.75) is 39.3 Å². The van der Waals surface area contributed by atoms with Gasteiger partial charge in [-0.1, -0.05) is 5.92 Å². The van der Waals surface area contributed by atoms with E-state index in [2.05, 4.69) is 11.2 Å². The first kappa shape index (κ1) is 10.9. The van der Waals surface area contributed by atoms with Gasteiger partial charge in [-0.15, -0.1) is 6.42 Å². The van der Waals surface area contributed by atoms with E-state index in [1.807, 2.05) is 39.8 Å². The van der Waals surface area contributed by atoms with E-state index in [0.717, 1.165) is 11.5 Å². The van der Waals surface area contributed by atoms with Gasteiger partial charge < -0.3 is 4.42 Å². The predicted molar refractivity (Wildman–Crippen MR) is 57.9 cm³/mol. The summed E-state index contributed by atoms with van der Waals surface area (Å²) in [5.41, 5.74) is -0.305. The Morgan fingerprint density at radius 2 is 2.14 bits per heavy atom. The number of terminal acetylenes is 1. The monoisotopic (exact) mass is 191 g/mol. The number of hydrogen-bond donors (Lipinski definition) is 1. The summed E-state index contributed by atoms with van der Waals surface area (Å²) in [6, 6.07) is 4.06. The first-order valence-electron chi connectivity index (χ1n) is 4.76. The zero-order chi connectivity index (χ0) is 10.8. The number of furan rings is 1. The maximum atomic E-state index is 5.50. The van der Waals surface area contributed by atoms with Crippen LogP contribution in [0.3, 0.4) is 0 Å². The Bertz CT molecular complexity index is 343. The number of rotatable bonds is 3. The van der Waals surface area contributed by atoms with Crippen molar-refractivity contribution in [3.05, 3.63) is 23.7 Å². The second-order valence-electron chi connectivity index (χ2n) is 4.08. The molecule has 2 heteroatoms. The first-order chi connectivity index (χ1) is 6.44. The maximum absolute atomic E-state index is 5.50. The van der Waals surface area contributed by atoms with Crippen LogP contribution in [0.15, 0.2) is 16.5 Å². The lowest BCUT2D eigenvalue weighted by Gasteiger charge is -2.23. The molecule has 0 saturated carbocycles. The highest BCUT2D eigenvalue weighted by atomic mass is 16.3. The van der Waals surface area contributed by atoms with Crippen molar-refractivity contribution in [2.75, 3.05) is 0 Å². The molecule has 0 aliphatic carbocycles. The molecule has 0 bridgehead atoms. The molecule has 1 aromatic heterocycles. The van der Waals surface area contributed by atoms with Crippen LogP contribution in [-0.2, 0) is 0 Å². The summed E-state index contributed by atoms with van der Waals surface area (Å²) >= 11 is 0. The molecule has 0 spiro atoms. The molecular formula is C12H17NO. The summed E-state index contributed by atoms with van der Waals surface area (Å²) < 4.78 is 5.50. The SMILES string of the molecule is C#CC(C)(C)NC(C)c1ccc(C)o1. The summed E-state index contributed by atoms with van der Waals surface area (Å²) in [5, 5.41) is 3.31. The van der Waals surface area contributed by atoms with Crippen LogP contribution in [0.5, 0.6) is 0 Å². The van der Waals surface area contributed by atoms with Gasteiger partial charge in [-0.2, -0.15) is 0 Å². The van der Waals surface area contributed by atoms with E-state index in [-0.39, 0.29) is 11.6 Å². The molecule has 14 heavy (non-hydrogen) atoms. The van der Waals surface area contributed by atoms with Crippen molar-refractivity contribution in [2.24, 2.45) is 0 Å². The Labute approximate surface area is 85.7 Å². The van der Waals surface area contributed by atoms with Crippen molar-refractivity contribution < 1.29 is 4.42 Å². The molecule has 1 heterocycles. The van der Waals surface area contributed by atoms with E-state index >= 15 is 0 Å². The second kappa shape index (κ2) is 3.89. The summed E-state index contributed by atoms with van der Waals surface area (Å²) in [6.45, 7) is 7.92. The van der Waals surface area contributed by atoms with Gasteiger partial charge in [0.2, 0.25) is 0 Å². The molecule has 1 N–H and O–H groups in total. The van der Waals surface area contributed by atoms with Crippen molar-refractivity contribution in [3.63, 3.8) is 0 Å². The van der Waals surface area contributed by atoms with Crippen molar-refractivity contribution >= 4 is 0 Å². The van der Waals surface area contributed by atoms with E-state index in [4.69, 9.17) is 10.8 Å². The molecule has 76 valence electrons. The lowest BCUT2D eigenvalue weighted by atomic mass is 10.1. The average molecular weight is 191 g/mol. The molecule has 2 nitrogen and oxygen atoms in total. The Morgan fingerprint density at radius 1 is 1.50 bits per heavy atom. The van der Waals surface area contributed by atoms with Gasteiger partial charge in [0, 0.05) is 0 Å². The topological polar surface area (TPSA) is 25.2 Å². The van der Waals surface area contributed by atoms with Crippen LogP contribution in [0.2, 0.25) is 0 Å². The van der Waals surface area contributed by atoms with Gasteiger partial charge in [0.25, 0.3) is 0 Å². The minimum absolute atomic E-state index is 0.134. The highest BCUT2D eigenvalue weighted by molar-refractivity contribution is 5.13. The van der Waals surface area contributed by atoms with Crippen LogP contribution in [0.1, 0.15) is 38.3 Å². The van der Waals surface area contributed by atoms with Crippen LogP contribution >= 0.6 is 0 Å². The highest BCUT2D eigenvalue weighted by Crippen LogP contribution is 2.18. The molecular weight excluding hydrogens is 174 g/mol. The number of aryl methyl sites for hydroxylation is 1. The van der Waals surface area contributed by atoms with Gasteiger partial charge in [-0.25, -0.2) is 0 Å². The van der Waals surface area contributed by atoms with Gasteiger partial charge in [0.1, 0.15) is 11.5 Å². The molecule has 0 fully saturated rings. The third-order valence-electron chi connectivity index (χ3n) is 2.13. The fourth-order valence-corrected chi connectivity index (χ4v) is 1.34. The minimum Gasteiger partial charge on any atom is -0.465 e. The van der Waals surface area contributed by atoms with Gasteiger partial charge >= 0.3 is 0 Å².